The van der Waals surface area contributed by atoms with Gasteiger partial charge in [-0.3, -0.25) is 9.69 Å². The van der Waals surface area contributed by atoms with E-state index in [1.54, 1.807) is 33.1 Å². The number of rotatable bonds is 8. The summed E-state index contributed by atoms with van der Waals surface area (Å²) < 4.78 is 16.6. The molecule has 2 aromatic rings. The third-order valence-electron chi connectivity index (χ3n) is 5.60. The molecule has 2 atom stereocenters. The predicted molar refractivity (Wildman–Crippen MR) is 118 cm³/mol. The Bertz CT molecular complexity index is 845. The minimum absolute atomic E-state index is 0.240. The number of methoxy groups -OCH3 is 3. The van der Waals surface area contributed by atoms with Crippen molar-refractivity contribution in [1.29, 1.82) is 0 Å². The third kappa shape index (κ3) is 4.52. The van der Waals surface area contributed by atoms with Crippen LogP contribution in [0.1, 0.15) is 36.4 Å². The number of benzene rings is 2. The first-order valence-electron chi connectivity index (χ1n) is 9.96. The first-order valence-corrected chi connectivity index (χ1v) is 11.2. The lowest BCUT2D eigenvalue weighted by Gasteiger charge is -2.40. The summed E-state index contributed by atoms with van der Waals surface area (Å²) in [5.41, 5.74) is 1.95. The molecule has 0 spiro atoms. The standard InChI is InChI=1S/C23H29NO5S/c1-27-19-13-16(14-20(28-2)22(19)29-3)21(15-8-10-17(30-4)11-9-15)24-12-6-5-7-18(24)23(25)26/h8-11,13-14,18,21H,5-7,12H2,1-4H3,(H,25,26). The quantitative estimate of drug-likeness (QED) is 0.619. The van der Waals surface area contributed by atoms with Crippen molar-refractivity contribution in [3.63, 3.8) is 0 Å². The van der Waals surface area contributed by atoms with E-state index in [1.807, 2.05) is 18.4 Å². The average Bonchev–Trinajstić information content (AvgIpc) is 2.79. The van der Waals surface area contributed by atoms with Crippen LogP contribution in [0.15, 0.2) is 41.3 Å². The van der Waals surface area contributed by atoms with Crippen molar-refractivity contribution in [3.8, 4) is 17.2 Å². The summed E-state index contributed by atoms with van der Waals surface area (Å²) in [5, 5.41) is 9.90. The Hall–Kier alpha value is -2.38. The van der Waals surface area contributed by atoms with Gasteiger partial charge < -0.3 is 19.3 Å². The van der Waals surface area contributed by atoms with Crippen LogP contribution < -0.4 is 14.2 Å². The van der Waals surface area contributed by atoms with Gasteiger partial charge in [-0.2, -0.15) is 0 Å². The molecular formula is C23H29NO5S. The topological polar surface area (TPSA) is 68.2 Å². The van der Waals surface area contributed by atoms with Crippen LogP contribution in [0.4, 0.5) is 0 Å². The summed E-state index contributed by atoms with van der Waals surface area (Å²) in [7, 11) is 4.75. The van der Waals surface area contributed by atoms with E-state index in [4.69, 9.17) is 14.2 Å². The molecule has 162 valence electrons. The van der Waals surface area contributed by atoms with Gasteiger partial charge in [0.2, 0.25) is 5.75 Å². The maximum absolute atomic E-state index is 12.1. The van der Waals surface area contributed by atoms with Gasteiger partial charge >= 0.3 is 5.97 Å². The lowest BCUT2D eigenvalue weighted by Crippen LogP contribution is -2.46. The Morgan fingerprint density at radius 3 is 2.17 bits per heavy atom. The van der Waals surface area contributed by atoms with E-state index in [2.05, 4.69) is 29.2 Å². The van der Waals surface area contributed by atoms with Crippen LogP contribution in [0, 0.1) is 0 Å². The largest absolute Gasteiger partial charge is 0.493 e. The van der Waals surface area contributed by atoms with Gasteiger partial charge in [0.05, 0.1) is 27.4 Å². The lowest BCUT2D eigenvalue weighted by atomic mass is 9.91. The van der Waals surface area contributed by atoms with Crippen molar-refractivity contribution in [2.24, 2.45) is 0 Å². The van der Waals surface area contributed by atoms with E-state index in [0.717, 1.165) is 28.9 Å². The number of thioether (sulfide) groups is 1. The van der Waals surface area contributed by atoms with Crippen LogP contribution in [-0.4, -0.2) is 56.1 Å². The van der Waals surface area contributed by atoms with E-state index in [1.165, 1.54) is 0 Å². The van der Waals surface area contributed by atoms with Crippen LogP contribution in [-0.2, 0) is 4.79 Å². The van der Waals surface area contributed by atoms with Gasteiger partial charge in [0.1, 0.15) is 6.04 Å². The number of hydrogen-bond acceptors (Lipinski definition) is 6. The van der Waals surface area contributed by atoms with Crippen LogP contribution in [0.3, 0.4) is 0 Å². The second kappa shape index (κ2) is 10.1. The summed E-state index contributed by atoms with van der Waals surface area (Å²) in [6.45, 7) is 0.711. The molecule has 0 bridgehead atoms. The smallest absolute Gasteiger partial charge is 0.320 e. The summed E-state index contributed by atoms with van der Waals surface area (Å²) in [4.78, 5) is 15.3. The van der Waals surface area contributed by atoms with Crippen molar-refractivity contribution in [3.05, 3.63) is 47.5 Å². The predicted octanol–water partition coefficient (Wildman–Crippen LogP) is 4.46. The maximum Gasteiger partial charge on any atom is 0.320 e. The Balaban J connectivity index is 2.17. The van der Waals surface area contributed by atoms with Gasteiger partial charge in [-0.15, -0.1) is 11.8 Å². The highest BCUT2D eigenvalue weighted by atomic mass is 32.2. The fourth-order valence-corrected chi connectivity index (χ4v) is 4.56. The van der Waals surface area contributed by atoms with Gasteiger partial charge in [0.15, 0.2) is 11.5 Å². The van der Waals surface area contributed by atoms with Crippen molar-refractivity contribution in [2.45, 2.75) is 36.2 Å². The molecule has 2 unspecified atom stereocenters. The Kier molecular flexibility index (Phi) is 7.50. The maximum atomic E-state index is 12.1. The lowest BCUT2D eigenvalue weighted by molar-refractivity contribution is -0.145. The van der Waals surface area contributed by atoms with Crippen molar-refractivity contribution >= 4 is 17.7 Å². The molecule has 0 radical (unpaired) electrons. The zero-order valence-electron chi connectivity index (χ0n) is 17.9. The van der Waals surface area contributed by atoms with Crippen LogP contribution in [0.25, 0.3) is 0 Å². The van der Waals surface area contributed by atoms with Gasteiger partial charge in [0, 0.05) is 4.90 Å². The van der Waals surface area contributed by atoms with E-state index in [9.17, 15) is 9.90 Å². The van der Waals surface area contributed by atoms with E-state index in [-0.39, 0.29) is 6.04 Å². The van der Waals surface area contributed by atoms with E-state index < -0.39 is 12.0 Å². The van der Waals surface area contributed by atoms with Crippen LogP contribution in [0.5, 0.6) is 17.2 Å². The fourth-order valence-electron chi connectivity index (χ4n) is 4.15. The molecule has 0 aliphatic carbocycles. The molecule has 1 fully saturated rings. The number of ether oxygens (including phenoxy) is 3. The number of aliphatic carboxylic acids is 1. The highest BCUT2D eigenvalue weighted by Gasteiger charge is 2.36. The van der Waals surface area contributed by atoms with Crippen LogP contribution >= 0.6 is 11.8 Å². The van der Waals surface area contributed by atoms with Crippen molar-refractivity contribution in [2.75, 3.05) is 34.1 Å². The summed E-state index contributed by atoms with van der Waals surface area (Å²) in [6.07, 6.45) is 4.56. The molecule has 1 N–H and O–H groups in total. The molecule has 30 heavy (non-hydrogen) atoms. The summed E-state index contributed by atoms with van der Waals surface area (Å²) >= 11 is 1.68. The van der Waals surface area contributed by atoms with E-state index in [0.29, 0.717) is 30.2 Å². The number of carboxylic acids is 1. The number of hydrogen-bond donors (Lipinski definition) is 1. The number of carbonyl (C=O) groups is 1. The van der Waals surface area contributed by atoms with Gasteiger partial charge in [-0.1, -0.05) is 18.6 Å². The molecule has 3 rings (SSSR count). The molecular weight excluding hydrogens is 402 g/mol. The summed E-state index contributed by atoms with van der Waals surface area (Å²) in [5.74, 6) is 0.851. The molecule has 6 nitrogen and oxygen atoms in total. The molecule has 1 heterocycles. The normalized spacial score (nSPS) is 17.9. The Labute approximate surface area is 182 Å². The minimum Gasteiger partial charge on any atom is -0.493 e. The molecule has 1 aliphatic rings. The highest BCUT2D eigenvalue weighted by Crippen LogP contribution is 2.43. The fraction of sp³-hybridized carbons (Fsp3) is 0.435. The number of piperidine rings is 1. The number of nitrogens with zero attached hydrogens (tertiary/aromatic N) is 1. The molecule has 0 aromatic heterocycles. The van der Waals surface area contributed by atoms with Gasteiger partial charge in [-0.05, 0) is 61.0 Å². The van der Waals surface area contributed by atoms with Crippen molar-refractivity contribution < 1.29 is 24.1 Å². The zero-order valence-corrected chi connectivity index (χ0v) is 18.7. The van der Waals surface area contributed by atoms with Gasteiger partial charge in [-0.25, -0.2) is 0 Å². The molecule has 1 saturated heterocycles. The number of likely N-dealkylation sites (tertiary alicyclic amines) is 1. The minimum atomic E-state index is -0.784. The van der Waals surface area contributed by atoms with Crippen molar-refractivity contribution in [1.82, 2.24) is 4.90 Å². The monoisotopic (exact) mass is 431 g/mol. The van der Waals surface area contributed by atoms with Gasteiger partial charge in [0.25, 0.3) is 0 Å². The third-order valence-corrected chi connectivity index (χ3v) is 6.34. The molecule has 2 aromatic carbocycles. The average molecular weight is 432 g/mol. The first kappa shape index (κ1) is 22.3. The highest BCUT2D eigenvalue weighted by molar-refractivity contribution is 7.98. The van der Waals surface area contributed by atoms with Crippen LogP contribution in [0.2, 0.25) is 0 Å². The molecule has 1 aliphatic heterocycles. The zero-order chi connectivity index (χ0) is 21.7. The second-order valence-electron chi connectivity index (χ2n) is 7.22. The second-order valence-corrected chi connectivity index (χ2v) is 8.10. The molecule has 0 amide bonds. The summed E-state index contributed by atoms with van der Waals surface area (Å²) in [6, 6.07) is 11.4. The Morgan fingerprint density at radius 1 is 1.03 bits per heavy atom. The first-order chi connectivity index (χ1) is 14.5. The SMILES string of the molecule is COc1cc(C(c2ccc(SC)cc2)N2CCCCC2C(=O)O)cc(OC)c1OC. The van der Waals surface area contributed by atoms with E-state index >= 15 is 0 Å². The Morgan fingerprint density at radius 2 is 1.67 bits per heavy atom. The molecule has 7 heteroatoms. The molecule has 0 saturated carbocycles. The number of carboxylic acid groups (broad SMARTS) is 1.